The molecule has 0 heterocycles. The van der Waals surface area contributed by atoms with Gasteiger partial charge in [0.2, 0.25) is 0 Å². The molecular weight excluding hydrogens is 300 g/mol. The largest absolute Gasteiger partial charge is 0.478 e. The molecule has 1 aromatic rings. The van der Waals surface area contributed by atoms with Crippen LogP contribution in [0.2, 0.25) is 0 Å². The number of amides is 2. The molecule has 2 amide bonds. The van der Waals surface area contributed by atoms with E-state index in [0.29, 0.717) is 22.6 Å². The molecule has 1 aliphatic carbocycles. The van der Waals surface area contributed by atoms with Crippen LogP contribution in [0.5, 0.6) is 0 Å². The number of hydrogen-bond donors (Lipinski definition) is 3. The van der Waals surface area contributed by atoms with Crippen LogP contribution in [-0.4, -0.2) is 23.7 Å². The Kier molecular flexibility index (Phi) is 3.86. The number of carboxylic acids is 1. The van der Waals surface area contributed by atoms with Crippen LogP contribution in [0.1, 0.15) is 23.2 Å². The summed E-state index contributed by atoms with van der Waals surface area (Å²) in [7, 11) is 0. The van der Waals surface area contributed by atoms with Gasteiger partial charge in [0.25, 0.3) is 0 Å². The SMILES string of the molecule is O=C(NCC1CC1)Nc1cc(C(=O)O)ccc1Br. The zero-order valence-corrected chi connectivity index (χ0v) is 11.2. The van der Waals surface area contributed by atoms with E-state index in [1.165, 1.54) is 25.0 Å². The summed E-state index contributed by atoms with van der Waals surface area (Å²) >= 11 is 3.27. The van der Waals surface area contributed by atoms with E-state index >= 15 is 0 Å². The second kappa shape index (κ2) is 5.39. The zero-order valence-electron chi connectivity index (χ0n) is 9.57. The number of hydrogen-bond acceptors (Lipinski definition) is 2. The first-order chi connectivity index (χ1) is 8.56. The Morgan fingerprint density at radius 3 is 2.72 bits per heavy atom. The van der Waals surface area contributed by atoms with Crippen LogP contribution in [0.25, 0.3) is 0 Å². The van der Waals surface area contributed by atoms with E-state index in [-0.39, 0.29) is 11.6 Å². The van der Waals surface area contributed by atoms with Crippen molar-refractivity contribution in [3.8, 4) is 0 Å². The van der Waals surface area contributed by atoms with E-state index < -0.39 is 5.97 Å². The Balaban J connectivity index is 1.99. The number of aromatic carboxylic acids is 1. The minimum Gasteiger partial charge on any atom is -0.478 e. The Morgan fingerprint density at radius 1 is 1.39 bits per heavy atom. The van der Waals surface area contributed by atoms with Gasteiger partial charge in [-0.05, 0) is 52.9 Å². The first-order valence-corrected chi connectivity index (χ1v) is 6.43. The lowest BCUT2D eigenvalue weighted by atomic mass is 10.2. The maximum atomic E-state index is 11.6. The number of urea groups is 1. The lowest BCUT2D eigenvalue weighted by molar-refractivity contribution is 0.0697. The van der Waals surface area contributed by atoms with E-state index in [2.05, 4.69) is 26.6 Å². The fourth-order valence-electron chi connectivity index (χ4n) is 1.48. The zero-order chi connectivity index (χ0) is 13.1. The molecule has 0 bridgehead atoms. The van der Waals surface area contributed by atoms with Crippen LogP contribution in [0.3, 0.4) is 0 Å². The number of anilines is 1. The molecule has 2 rings (SSSR count). The molecule has 0 aromatic heterocycles. The average molecular weight is 313 g/mol. The van der Waals surface area contributed by atoms with Crippen molar-refractivity contribution in [1.82, 2.24) is 5.32 Å². The predicted octanol–water partition coefficient (Wildman–Crippen LogP) is 2.68. The van der Waals surface area contributed by atoms with Gasteiger partial charge in [0.15, 0.2) is 0 Å². The summed E-state index contributed by atoms with van der Waals surface area (Å²) < 4.78 is 0.647. The summed E-state index contributed by atoms with van der Waals surface area (Å²) in [6.45, 7) is 0.669. The number of benzene rings is 1. The molecule has 1 aliphatic rings. The van der Waals surface area contributed by atoms with Gasteiger partial charge in [0.1, 0.15) is 0 Å². The third-order valence-electron chi connectivity index (χ3n) is 2.71. The molecule has 0 atom stereocenters. The maximum absolute atomic E-state index is 11.6. The lowest BCUT2D eigenvalue weighted by Gasteiger charge is -2.09. The number of rotatable bonds is 4. The quantitative estimate of drug-likeness (QED) is 0.799. The molecule has 0 radical (unpaired) electrons. The summed E-state index contributed by atoms with van der Waals surface area (Å²) in [6.07, 6.45) is 2.33. The molecule has 3 N–H and O–H groups in total. The molecule has 0 unspecified atom stereocenters. The highest BCUT2D eigenvalue weighted by Crippen LogP contribution is 2.27. The average Bonchev–Trinajstić information content (AvgIpc) is 3.13. The topological polar surface area (TPSA) is 78.4 Å². The van der Waals surface area contributed by atoms with Crippen LogP contribution in [-0.2, 0) is 0 Å². The summed E-state index contributed by atoms with van der Waals surface area (Å²) in [6, 6.07) is 4.17. The smallest absolute Gasteiger partial charge is 0.335 e. The van der Waals surface area contributed by atoms with E-state index in [1.54, 1.807) is 6.07 Å². The van der Waals surface area contributed by atoms with Gasteiger partial charge in [-0.3, -0.25) is 0 Å². The molecule has 18 heavy (non-hydrogen) atoms. The van der Waals surface area contributed by atoms with E-state index in [9.17, 15) is 9.59 Å². The fraction of sp³-hybridized carbons (Fsp3) is 0.333. The summed E-state index contributed by atoms with van der Waals surface area (Å²) in [5.41, 5.74) is 0.582. The van der Waals surface area contributed by atoms with Gasteiger partial charge >= 0.3 is 12.0 Å². The Labute approximate surface area is 113 Å². The Hall–Kier alpha value is -1.56. The van der Waals surface area contributed by atoms with Crippen LogP contribution >= 0.6 is 15.9 Å². The van der Waals surface area contributed by atoms with Crippen molar-refractivity contribution in [2.45, 2.75) is 12.8 Å². The van der Waals surface area contributed by atoms with Gasteiger partial charge in [0, 0.05) is 11.0 Å². The second-order valence-corrected chi connectivity index (χ2v) is 5.13. The number of halogens is 1. The van der Waals surface area contributed by atoms with Gasteiger partial charge < -0.3 is 15.7 Å². The Morgan fingerprint density at radius 2 is 2.11 bits per heavy atom. The Bertz CT molecular complexity index is 486. The number of carbonyl (C=O) groups excluding carboxylic acids is 1. The standard InChI is InChI=1S/C12H13BrN2O3/c13-9-4-3-8(11(16)17)5-10(9)15-12(18)14-6-7-1-2-7/h3-5,7H,1-2,6H2,(H,16,17)(H2,14,15,18). The third kappa shape index (κ3) is 3.46. The van der Waals surface area contributed by atoms with Crippen LogP contribution in [0.15, 0.2) is 22.7 Å². The highest BCUT2D eigenvalue weighted by atomic mass is 79.9. The maximum Gasteiger partial charge on any atom is 0.335 e. The molecule has 1 aromatic carbocycles. The van der Waals surface area contributed by atoms with E-state index in [4.69, 9.17) is 5.11 Å². The molecule has 0 saturated heterocycles. The van der Waals surface area contributed by atoms with Crippen LogP contribution < -0.4 is 10.6 Å². The molecule has 6 heteroatoms. The van der Waals surface area contributed by atoms with Gasteiger partial charge in [-0.2, -0.15) is 0 Å². The van der Waals surface area contributed by atoms with Crippen molar-refractivity contribution in [2.24, 2.45) is 5.92 Å². The molecular formula is C12H13BrN2O3. The first-order valence-electron chi connectivity index (χ1n) is 5.64. The van der Waals surface area contributed by atoms with E-state index in [1.807, 2.05) is 0 Å². The predicted molar refractivity (Wildman–Crippen MR) is 70.8 cm³/mol. The van der Waals surface area contributed by atoms with E-state index in [0.717, 1.165) is 0 Å². The summed E-state index contributed by atoms with van der Waals surface area (Å²) in [5.74, 6) is -0.423. The van der Waals surface area contributed by atoms with Crippen molar-refractivity contribution >= 4 is 33.6 Å². The molecule has 0 aliphatic heterocycles. The fourth-order valence-corrected chi connectivity index (χ4v) is 1.83. The van der Waals surface area contributed by atoms with Crippen molar-refractivity contribution in [3.63, 3.8) is 0 Å². The molecule has 96 valence electrons. The van der Waals surface area contributed by atoms with Gasteiger partial charge in [-0.25, -0.2) is 9.59 Å². The molecule has 5 nitrogen and oxygen atoms in total. The van der Waals surface area contributed by atoms with Gasteiger partial charge in [0.05, 0.1) is 11.3 Å². The van der Waals surface area contributed by atoms with Gasteiger partial charge in [-0.1, -0.05) is 0 Å². The molecule has 1 fully saturated rings. The van der Waals surface area contributed by atoms with Gasteiger partial charge in [-0.15, -0.1) is 0 Å². The van der Waals surface area contributed by atoms with Crippen molar-refractivity contribution < 1.29 is 14.7 Å². The summed E-state index contributed by atoms with van der Waals surface area (Å²) in [4.78, 5) is 22.4. The van der Waals surface area contributed by atoms with Crippen LogP contribution in [0.4, 0.5) is 10.5 Å². The van der Waals surface area contributed by atoms with Crippen molar-refractivity contribution in [2.75, 3.05) is 11.9 Å². The number of nitrogens with one attached hydrogen (secondary N) is 2. The number of carbonyl (C=O) groups is 2. The highest BCUT2D eigenvalue weighted by molar-refractivity contribution is 9.10. The third-order valence-corrected chi connectivity index (χ3v) is 3.40. The minimum atomic E-state index is -1.02. The second-order valence-electron chi connectivity index (χ2n) is 4.28. The van der Waals surface area contributed by atoms with Crippen LogP contribution in [0, 0.1) is 5.92 Å². The van der Waals surface area contributed by atoms with Crippen molar-refractivity contribution in [1.29, 1.82) is 0 Å². The first kappa shape index (κ1) is 12.9. The monoisotopic (exact) mass is 312 g/mol. The summed E-state index contributed by atoms with van der Waals surface area (Å²) in [5, 5.41) is 14.3. The molecule has 1 saturated carbocycles. The minimum absolute atomic E-state index is 0.135. The lowest BCUT2D eigenvalue weighted by Crippen LogP contribution is -2.30. The normalized spacial score (nSPS) is 14.1. The highest BCUT2D eigenvalue weighted by Gasteiger charge is 2.21. The molecule has 0 spiro atoms. The van der Waals surface area contributed by atoms with Crippen molar-refractivity contribution in [3.05, 3.63) is 28.2 Å². The number of carboxylic acid groups (broad SMARTS) is 1.